The van der Waals surface area contributed by atoms with Crippen molar-refractivity contribution in [1.82, 2.24) is 9.78 Å². The third-order valence-electron chi connectivity index (χ3n) is 2.98. The van der Waals surface area contributed by atoms with Gasteiger partial charge in [-0.2, -0.15) is 5.10 Å². The molecule has 102 valence electrons. The number of ether oxygens (including phenoxy) is 3. The van der Waals surface area contributed by atoms with Crippen LogP contribution in [0.4, 0.5) is 0 Å². The van der Waals surface area contributed by atoms with Crippen LogP contribution in [0.2, 0.25) is 0 Å². The second kappa shape index (κ2) is 5.22. The quantitative estimate of drug-likeness (QED) is 0.849. The van der Waals surface area contributed by atoms with Crippen LogP contribution in [-0.2, 0) is 7.05 Å². The summed E-state index contributed by atoms with van der Waals surface area (Å²) in [6.07, 6.45) is 0. The van der Waals surface area contributed by atoms with Gasteiger partial charge in [-0.1, -0.05) is 0 Å². The van der Waals surface area contributed by atoms with E-state index in [9.17, 15) is 0 Å². The SMILES string of the molecule is COc1cc(OC)c(-c2cc(C)nn2C)cc1OC. The molecule has 0 unspecified atom stereocenters. The number of aryl methyl sites for hydroxylation is 2. The van der Waals surface area contributed by atoms with Gasteiger partial charge in [0.1, 0.15) is 5.75 Å². The molecule has 2 rings (SSSR count). The Morgan fingerprint density at radius 1 is 0.895 bits per heavy atom. The normalized spacial score (nSPS) is 10.4. The second-order valence-electron chi connectivity index (χ2n) is 4.20. The third-order valence-corrected chi connectivity index (χ3v) is 2.98. The van der Waals surface area contributed by atoms with Crippen LogP contribution in [0, 0.1) is 6.92 Å². The van der Waals surface area contributed by atoms with Gasteiger partial charge in [0, 0.05) is 18.7 Å². The Balaban J connectivity index is 2.64. The monoisotopic (exact) mass is 262 g/mol. The van der Waals surface area contributed by atoms with Gasteiger partial charge in [0.2, 0.25) is 0 Å². The van der Waals surface area contributed by atoms with E-state index in [-0.39, 0.29) is 0 Å². The molecular formula is C14H18N2O3. The van der Waals surface area contributed by atoms with Crippen molar-refractivity contribution in [2.45, 2.75) is 6.92 Å². The molecule has 1 aromatic carbocycles. The molecule has 19 heavy (non-hydrogen) atoms. The summed E-state index contributed by atoms with van der Waals surface area (Å²) in [6.45, 7) is 1.96. The Morgan fingerprint density at radius 2 is 1.47 bits per heavy atom. The Morgan fingerprint density at radius 3 is 1.95 bits per heavy atom. The van der Waals surface area contributed by atoms with E-state index in [0.29, 0.717) is 11.5 Å². The molecule has 0 N–H and O–H groups in total. The molecule has 0 aliphatic heterocycles. The topological polar surface area (TPSA) is 45.5 Å². The van der Waals surface area contributed by atoms with Gasteiger partial charge in [-0.15, -0.1) is 0 Å². The molecule has 5 nitrogen and oxygen atoms in total. The number of hydrogen-bond acceptors (Lipinski definition) is 4. The van der Waals surface area contributed by atoms with Crippen molar-refractivity contribution >= 4 is 0 Å². The number of methoxy groups -OCH3 is 3. The summed E-state index contributed by atoms with van der Waals surface area (Å²) in [5.41, 5.74) is 2.84. The maximum Gasteiger partial charge on any atom is 0.164 e. The highest BCUT2D eigenvalue weighted by molar-refractivity contribution is 5.72. The molecule has 0 aliphatic carbocycles. The van der Waals surface area contributed by atoms with Crippen LogP contribution in [0.25, 0.3) is 11.3 Å². The van der Waals surface area contributed by atoms with E-state index in [0.717, 1.165) is 22.7 Å². The van der Waals surface area contributed by atoms with Gasteiger partial charge in [-0.05, 0) is 19.1 Å². The van der Waals surface area contributed by atoms with Crippen LogP contribution in [0.1, 0.15) is 5.69 Å². The van der Waals surface area contributed by atoms with Crippen molar-refractivity contribution in [2.24, 2.45) is 7.05 Å². The molecule has 0 spiro atoms. The van der Waals surface area contributed by atoms with E-state index in [1.165, 1.54) is 0 Å². The van der Waals surface area contributed by atoms with Crippen LogP contribution < -0.4 is 14.2 Å². The molecule has 0 amide bonds. The molecule has 5 heteroatoms. The average Bonchev–Trinajstić information content (AvgIpc) is 2.75. The molecule has 2 aromatic rings. The Labute approximate surface area is 112 Å². The van der Waals surface area contributed by atoms with E-state index in [4.69, 9.17) is 14.2 Å². The Bertz CT molecular complexity index is 591. The van der Waals surface area contributed by atoms with Crippen molar-refractivity contribution < 1.29 is 14.2 Å². The van der Waals surface area contributed by atoms with Crippen LogP contribution in [0.3, 0.4) is 0 Å². The second-order valence-corrected chi connectivity index (χ2v) is 4.20. The number of rotatable bonds is 4. The fourth-order valence-electron chi connectivity index (χ4n) is 2.09. The zero-order valence-electron chi connectivity index (χ0n) is 11.9. The van der Waals surface area contributed by atoms with E-state index in [2.05, 4.69) is 5.10 Å². The first kappa shape index (κ1) is 13.3. The minimum Gasteiger partial charge on any atom is -0.496 e. The minimum atomic E-state index is 0.641. The van der Waals surface area contributed by atoms with Crippen molar-refractivity contribution in [3.8, 4) is 28.5 Å². The van der Waals surface area contributed by atoms with Gasteiger partial charge in [-0.25, -0.2) is 0 Å². The largest absolute Gasteiger partial charge is 0.496 e. The van der Waals surface area contributed by atoms with Gasteiger partial charge in [0.25, 0.3) is 0 Å². The lowest BCUT2D eigenvalue weighted by atomic mass is 10.1. The fraction of sp³-hybridized carbons (Fsp3) is 0.357. The van der Waals surface area contributed by atoms with Crippen molar-refractivity contribution in [2.75, 3.05) is 21.3 Å². The predicted molar refractivity (Wildman–Crippen MR) is 73.0 cm³/mol. The first-order valence-electron chi connectivity index (χ1n) is 5.91. The van der Waals surface area contributed by atoms with Gasteiger partial charge in [0.15, 0.2) is 11.5 Å². The van der Waals surface area contributed by atoms with Gasteiger partial charge < -0.3 is 14.2 Å². The summed E-state index contributed by atoms with van der Waals surface area (Å²) in [7, 11) is 6.75. The summed E-state index contributed by atoms with van der Waals surface area (Å²) >= 11 is 0. The zero-order chi connectivity index (χ0) is 14.0. The molecule has 0 atom stereocenters. The highest BCUT2D eigenvalue weighted by atomic mass is 16.5. The lowest BCUT2D eigenvalue weighted by Gasteiger charge is -2.14. The minimum absolute atomic E-state index is 0.641. The first-order chi connectivity index (χ1) is 9.10. The molecule has 0 fully saturated rings. The highest BCUT2D eigenvalue weighted by Gasteiger charge is 2.16. The van der Waals surface area contributed by atoms with Crippen LogP contribution in [-0.4, -0.2) is 31.1 Å². The molecule has 0 aliphatic rings. The van der Waals surface area contributed by atoms with Crippen LogP contribution >= 0.6 is 0 Å². The highest BCUT2D eigenvalue weighted by Crippen LogP contribution is 2.39. The maximum atomic E-state index is 5.43. The number of benzene rings is 1. The summed E-state index contributed by atoms with van der Waals surface area (Å²) in [5.74, 6) is 2.03. The van der Waals surface area contributed by atoms with E-state index < -0.39 is 0 Å². The van der Waals surface area contributed by atoms with E-state index >= 15 is 0 Å². The fourth-order valence-corrected chi connectivity index (χ4v) is 2.09. The van der Waals surface area contributed by atoms with Gasteiger partial charge in [0.05, 0.1) is 32.7 Å². The number of nitrogens with zero attached hydrogens (tertiary/aromatic N) is 2. The molecular weight excluding hydrogens is 244 g/mol. The Kier molecular flexibility index (Phi) is 3.64. The summed E-state index contributed by atoms with van der Waals surface area (Å²) in [4.78, 5) is 0. The molecule has 0 saturated carbocycles. The molecule has 0 bridgehead atoms. The number of hydrogen-bond donors (Lipinski definition) is 0. The molecule has 1 aromatic heterocycles. The Hall–Kier alpha value is -2.17. The number of aromatic nitrogens is 2. The summed E-state index contributed by atoms with van der Waals surface area (Å²) in [5, 5.41) is 4.35. The van der Waals surface area contributed by atoms with Gasteiger partial charge >= 0.3 is 0 Å². The standard InChI is InChI=1S/C14H18N2O3/c1-9-6-11(16(2)15-9)10-7-13(18-4)14(19-5)8-12(10)17-3/h6-8H,1-5H3. The molecule has 0 saturated heterocycles. The van der Waals surface area contributed by atoms with Crippen molar-refractivity contribution in [3.63, 3.8) is 0 Å². The third kappa shape index (κ3) is 2.36. The van der Waals surface area contributed by atoms with Crippen LogP contribution in [0.5, 0.6) is 17.2 Å². The van der Waals surface area contributed by atoms with Crippen LogP contribution in [0.15, 0.2) is 18.2 Å². The smallest absolute Gasteiger partial charge is 0.164 e. The molecule has 1 heterocycles. The zero-order valence-corrected chi connectivity index (χ0v) is 11.9. The van der Waals surface area contributed by atoms with Gasteiger partial charge in [-0.3, -0.25) is 4.68 Å². The summed E-state index contributed by atoms with van der Waals surface area (Å²) < 4.78 is 17.9. The maximum absolute atomic E-state index is 5.43. The van der Waals surface area contributed by atoms with E-state index in [1.807, 2.05) is 36.9 Å². The summed E-state index contributed by atoms with van der Waals surface area (Å²) in [6, 6.07) is 5.72. The predicted octanol–water partition coefficient (Wildman–Crippen LogP) is 2.42. The lowest BCUT2D eigenvalue weighted by molar-refractivity contribution is 0.349. The van der Waals surface area contributed by atoms with E-state index in [1.54, 1.807) is 21.3 Å². The average molecular weight is 262 g/mol. The van der Waals surface area contributed by atoms with Crippen molar-refractivity contribution in [3.05, 3.63) is 23.9 Å². The first-order valence-corrected chi connectivity index (χ1v) is 5.91. The lowest BCUT2D eigenvalue weighted by Crippen LogP contribution is -1.98. The van der Waals surface area contributed by atoms with Crippen molar-refractivity contribution in [1.29, 1.82) is 0 Å². The molecule has 0 radical (unpaired) electrons.